The first-order valence-electron chi connectivity index (χ1n) is 6.01. The van der Waals surface area contributed by atoms with Crippen LogP contribution in [0, 0.1) is 5.82 Å². The van der Waals surface area contributed by atoms with Crippen molar-refractivity contribution >= 4 is 5.69 Å². The van der Waals surface area contributed by atoms with E-state index in [4.69, 9.17) is 4.74 Å². The zero-order valence-corrected chi connectivity index (χ0v) is 10.9. The summed E-state index contributed by atoms with van der Waals surface area (Å²) in [7, 11) is 0. The lowest BCUT2D eigenvalue weighted by atomic mass is 9.94. The molecule has 1 unspecified atom stereocenters. The van der Waals surface area contributed by atoms with E-state index in [2.05, 4.69) is 19.2 Å². The number of benzene rings is 1. The Morgan fingerprint density at radius 2 is 1.88 bits per heavy atom. The lowest BCUT2D eigenvalue weighted by Crippen LogP contribution is -2.38. The van der Waals surface area contributed by atoms with Gasteiger partial charge in [0.2, 0.25) is 0 Å². The van der Waals surface area contributed by atoms with Gasteiger partial charge in [0, 0.05) is 0 Å². The van der Waals surface area contributed by atoms with Crippen LogP contribution in [0.25, 0.3) is 0 Å². The van der Waals surface area contributed by atoms with Gasteiger partial charge in [-0.15, -0.1) is 0 Å². The van der Waals surface area contributed by atoms with Gasteiger partial charge < -0.3 is 10.1 Å². The zero-order valence-electron chi connectivity index (χ0n) is 10.9. The largest absolute Gasteiger partial charge is 0.377 e. The second-order valence-corrected chi connectivity index (χ2v) is 5.85. The van der Waals surface area contributed by atoms with Gasteiger partial charge in [0.05, 0.1) is 22.9 Å². The van der Waals surface area contributed by atoms with Gasteiger partial charge >= 0.3 is 0 Å². The van der Waals surface area contributed by atoms with E-state index in [-0.39, 0.29) is 23.1 Å². The number of nitrogens with one attached hydrogen (secondary N) is 1. The molecule has 94 valence electrons. The molecule has 0 radical (unpaired) electrons. The number of rotatable bonds is 2. The highest BCUT2D eigenvalue weighted by atomic mass is 19.1. The van der Waals surface area contributed by atoms with Crippen molar-refractivity contribution in [3.63, 3.8) is 0 Å². The molecule has 2 rings (SSSR count). The van der Waals surface area contributed by atoms with E-state index < -0.39 is 0 Å². The summed E-state index contributed by atoms with van der Waals surface area (Å²) in [4.78, 5) is 0. The molecule has 0 aromatic heterocycles. The number of halogens is 1. The summed E-state index contributed by atoms with van der Waals surface area (Å²) in [5, 5.41) is 3.26. The molecule has 0 saturated carbocycles. The van der Waals surface area contributed by atoms with Gasteiger partial charge in [-0.1, -0.05) is 12.1 Å². The first-order valence-corrected chi connectivity index (χ1v) is 6.01. The normalized spacial score (nSPS) is 25.8. The predicted molar refractivity (Wildman–Crippen MR) is 67.7 cm³/mol. The van der Waals surface area contributed by atoms with E-state index in [0.29, 0.717) is 5.69 Å². The van der Waals surface area contributed by atoms with Crippen molar-refractivity contribution in [2.24, 2.45) is 0 Å². The Kier molecular flexibility index (Phi) is 2.90. The number of anilines is 1. The molecule has 17 heavy (non-hydrogen) atoms. The Hall–Kier alpha value is -1.09. The summed E-state index contributed by atoms with van der Waals surface area (Å²) in [6.07, 6.45) is 0.869. The van der Waals surface area contributed by atoms with Crippen LogP contribution >= 0.6 is 0 Å². The molecule has 1 N–H and O–H groups in total. The second-order valence-electron chi connectivity index (χ2n) is 5.85. The van der Waals surface area contributed by atoms with Gasteiger partial charge in [-0.3, -0.25) is 0 Å². The quantitative estimate of drug-likeness (QED) is 0.848. The molecule has 1 aromatic rings. The fourth-order valence-corrected chi connectivity index (χ4v) is 2.55. The van der Waals surface area contributed by atoms with Gasteiger partial charge in [0.15, 0.2) is 0 Å². The monoisotopic (exact) mass is 237 g/mol. The molecule has 1 atom stereocenters. The summed E-state index contributed by atoms with van der Waals surface area (Å²) < 4.78 is 19.6. The third kappa shape index (κ3) is 2.60. The average molecular weight is 237 g/mol. The maximum atomic E-state index is 13.6. The summed E-state index contributed by atoms with van der Waals surface area (Å²) in [6, 6.07) is 6.88. The van der Waals surface area contributed by atoms with Gasteiger partial charge in [-0.25, -0.2) is 4.39 Å². The van der Waals surface area contributed by atoms with Crippen molar-refractivity contribution in [3.8, 4) is 0 Å². The SMILES string of the molecule is CC1(C)CC(Nc2ccccc2F)C(C)(C)O1. The fourth-order valence-electron chi connectivity index (χ4n) is 2.55. The smallest absolute Gasteiger partial charge is 0.146 e. The van der Waals surface area contributed by atoms with Crippen LogP contribution in [0.2, 0.25) is 0 Å². The van der Waals surface area contributed by atoms with Crippen LogP contribution in [0.5, 0.6) is 0 Å². The van der Waals surface area contributed by atoms with Gasteiger partial charge in [0.25, 0.3) is 0 Å². The zero-order chi connectivity index (χ0) is 12.7. The third-order valence-electron chi connectivity index (χ3n) is 3.28. The van der Waals surface area contributed by atoms with Crippen LogP contribution in [0.3, 0.4) is 0 Å². The molecule has 1 aliphatic rings. The molecule has 0 bridgehead atoms. The molecule has 0 amide bonds. The first kappa shape index (κ1) is 12.4. The molecule has 1 saturated heterocycles. The highest BCUT2D eigenvalue weighted by Gasteiger charge is 2.45. The molecule has 3 heteroatoms. The molecule has 0 spiro atoms. The minimum Gasteiger partial charge on any atom is -0.377 e. The van der Waals surface area contributed by atoms with E-state index in [9.17, 15) is 4.39 Å². The fraction of sp³-hybridized carbons (Fsp3) is 0.571. The first-order chi connectivity index (χ1) is 7.80. The molecular weight excluding hydrogens is 217 g/mol. The van der Waals surface area contributed by atoms with Crippen LogP contribution in [0.1, 0.15) is 34.1 Å². The van der Waals surface area contributed by atoms with E-state index in [1.54, 1.807) is 12.1 Å². The lowest BCUT2D eigenvalue weighted by Gasteiger charge is -2.28. The molecular formula is C14H20FNO. The van der Waals surface area contributed by atoms with Crippen molar-refractivity contribution in [1.82, 2.24) is 0 Å². The maximum absolute atomic E-state index is 13.6. The number of hydrogen-bond acceptors (Lipinski definition) is 2. The van der Waals surface area contributed by atoms with Crippen molar-refractivity contribution in [2.75, 3.05) is 5.32 Å². The molecule has 2 nitrogen and oxygen atoms in total. The van der Waals surface area contributed by atoms with Crippen LogP contribution in [-0.2, 0) is 4.74 Å². The van der Waals surface area contributed by atoms with Crippen molar-refractivity contribution in [3.05, 3.63) is 30.1 Å². The summed E-state index contributed by atoms with van der Waals surface area (Å²) >= 11 is 0. The van der Waals surface area contributed by atoms with E-state index in [1.165, 1.54) is 6.07 Å². The Labute approximate surface area is 102 Å². The standard InChI is InChI=1S/C14H20FNO/c1-13(2)9-12(14(3,4)17-13)16-11-8-6-5-7-10(11)15/h5-8,12,16H,9H2,1-4H3. The van der Waals surface area contributed by atoms with E-state index in [1.807, 2.05) is 19.9 Å². The van der Waals surface area contributed by atoms with Crippen molar-refractivity contribution < 1.29 is 9.13 Å². The van der Waals surface area contributed by atoms with Gasteiger partial charge in [0.1, 0.15) is 5.82 Å². The number of para-hydroxylation sites is 1. The Balaban J connectivity index is 2.17. The Morgan fingerprint density at radius 1 is 1.24 bits per heavy atom. The average Bonchev–Trinajstić information content (AvgIpc) is 2.38. The Bertz CT molecular complexity index is 414. The minimum atomic E-state index is -0.286. The highest BCUT2D eigenvalue weighted by molar-refractivity contribution is 5.46. The summed E-state index contributed by atoms with van der Waals surface area (Å²) in [5.74, 6) is -0.215. The van der Waals surface area contributed by atoms with Crippen LogP contribution in [0.15, 0.2) is 24.3 Å². The number of ether oxygens (including phenoxy) is 1. The third-order valence-corrected chi connectivity index (χ3v) is 3.28. The van der Waals surface area contributed by atoms with E-state index >= 15 is 0 Å². The predicted octanol–water partition coefficient (Wildman–Crippen LogP) is 3.58. The summed E-state index contributed by atoms with van der Waals surface area (Å²) in [6.45, 7) is 8.22. The minimum absolute atomic E-state index is 0.120. The van der Waals surface area contributed by atoms with Crippen LogP contribution in [0.4, 0.5) is 10.1 Å². The van der Waals surface area contributed by atoms with Crippen LogP contribution < -0.4 is 5.32 Å². The van der Waals surface area contributed by atoms with Gasteiger partial charge in [-0.05, 0) is 46.2 Å². The molecule has 1 aliphatic heterocycles. The van der Waals surface area contributed by atoms with Gasteiger partial charge in [-0.2, -0.15) is 0 Å². The molecule has 1 aromatic carbocycles. The van der Waals surface area contributed by atoms with Crippen molar-refractivity contribution in [1.29, 1.82) is 0 Å². The molecule has 0 aliphatic carbocycles. The number of hydrogen-bond donors (Lipinski definition) is 1. The summed E-state index contributed by atoms with van der Waals surface area (Å²) in [5.41, 5.74) is 0.102. The van der Waals surface area contributed by atoms with Crippen molar-refractivity contribution in [2.45, 2.75) is 51.4 Å². The molecule has 1 heterocycles. The van der Waals surface area contributed by atoms with E-state index in [0.717, 1.165) is 6.42 Å². The van der Waals surface area contributed by atoms with Crippen LogP contribution in [-0.4, -0.2) is 17.2 Å². The highest BCUT2D eigenvalue weighted by Crippen LogP contribution is 2.39. The lowest BCUT2D eigenvalue weighted by molar-refractivity contribution is -0.0662. The second kappa shape index (κ2) is 3.98. The Morgan fingerprint density at radius 3 is 2.41 bits per heavy atom. The maximum Gasteiger partial charge on any atom is 0.146 e. The topological polar surface area (TPSA) is 21.3 Å². The molecule has 1 fully saturated rings.